The first-order valence-electron chi connectivity index (χ1n) is 8.71. The van der Waals surface area contributed by atoms with Crippen molar-refractivity contribution in [3.63, 3.8) is 0 Å². The van der Waals surface area contributed by atoms with E-state index in [-0.39, 0.29) is 0 Å². The van der Waals surface area contributed by atoms with Gasteiger partial charge in [-0.05, 0) is 51.7 Å². The molecule has 1 aromatic heterocycles. The maximum absolute atomic E-state index is 5.34. The average Bonchev–Trinajstić information content (AvgIpc) is 2.62. The molecule has 142 valence electrons. The normalized spacial score (nSPS) is 10.7. The number of anilines is 2. The van der Waals surface area contributed by atoms with Gasteiger partial charge in [0.15, 0.2) is 11.5 Å². The Hall–Kier alpha value is -2.54. The van der Waals surface area contributed by atoms with Crippen molar-refractivity contribution in [1.82, 2.24) is 14.9 Å². The highest BCUT2D eigenvalue weighted by molar-refractivity contribution is 5.45. The van der Waals surface area contributed by atoms with E-state index < -0.39 is 0 Å². The number of hydrogen-bond acceptors (Lipinski definition) is 7. The summed E-state index contributed by atoms with van der Waals surface area (Å²) in [7, 11) is 7.41. The number of rotatable bonds is 10. The van der Waals surface area contributed by atoms with E-state index in [4.69, 9.17) is 9.47 Å². The molecule has 0 saturated carbocycles. The van der Waals surface area contributed by atoms with Crippen LogP contribution in [0.25, 0.3) is 0 Å². The number of aryl methyl sites for hydroxylation is 1. The second-order valence-corrected chi connectivity index (χ2v) is 6.34. The van der Waals surface area contributed by atoms with Crippen molar-refractivity contribution in [2.45, 2.75) is 19.9 Å². The van der Waals surface area contributed by atoms with Gasteiger partial charge in [-0.1, -0.05) is 6.07 Å². The molecule has 0 unspecified atom stereocenters. The number of benzene rings is 1. The van der Waals surface area contributed by atoms with Gasteiger partial charge in [0.2, 0.25) is 5.95 Å². The molecule has 2 N–H and O–H groups in total. The van der Waals surface area contributed by atoms with Crippen molar-refractivity contribution in [3.05, 3.63) is 35.5 Å². The van der Waals surface area contributed by atoms with Crippen LogP contribution >= 0.6 is 0 Å². The molecule has 0 fully saturated rings. The maximum Gasteiger partial charge on any atom is 0.225 e. The van der Waals surface area contributed by atoms with Gasteiger partial charge in [-0.3, -0.25) is 0 Å². The molecule has 2 rings (SSSR count). The van der Waals surface area contributed by atoms with Gasteiger partial charge < -0.3 is 25.0 Å². The topological polar surface area (TPSA) is 71.5 Å². The first-order valence-corrected chi connectivity index (χ1v) is 8.71. The Morgan fingerprint density at radius 3 is 2.46 bits per heavy atom. The van der Waals surface area contributed by atoms with Gasteiger partial charge in [0, 0.05) is 24.8 Å². The third-order valence-corrected chi connectivity index (χ3v) is 3.84. The van der Waals surface area contributed by atoms with Gasteiger partial charge in [-0.15, -0.1) is 0 Å². The van der Waals surface area contributed by atoms with E-state index in [1.807, 2.05) is 31.2 Å². The van der Waals surface area contributed by atoms with E-state index in [0.717, 1.165) is 36.6 Å². The van der Waals surface area contributed by atoms with Gasteiger partial charge in [-0.2, -0.15) is 4.98 Å². The lowest BCUT2D eigenvalue weighted by Gasteiger charge is -2.13. The summed E-state index contributed by atoms with van der Waals surface area (Å²) in [6.07, 6.45) is 1.06. The largest absolute Gasteiger partial charge is 0.493 e. The summed E-state index contributed by atoms with van der Waals surface area (Å²) in [6, 6.07) is 7.79. The van der Waals surface area contributed by atoms with Crippen LogP contribution in [0.4, 0.5) is 11.8 Å². The van der Waals surface area contributed by atoms with Crippen molar-refractivity contribution in [1.29, 1.82) is 0 Å². The zero-order valence-corrected chi connectivity index (χ0v) is 16.3. The van der Waals surface area contributed by atoms with Crippen molar-refractivity contribution in [2.75, 3.05) is 52.0 Å². The van der Waals surface area contributed by atoms with Gasteiger partial charge in [0.1, 0.15) is 5.82 Å². The molecule has 0 atom stereocenters. The van der Waals surface area contributed by atoms with Crippen LogP contribution in [0.1, 0.15) is 17.7 Å². The smallest absolute Gasteiger partial charge is 0.225 e. The van der Waals surface area contributed by atoms with Crippen molar-refractivity contribution < 1.29 is 9.47 Å². The van der Waals surface area contributed by atoms with E-state index in [2.05, 4.69) is 39.6 Å². The van der Waals surface area contributed by atoms with Gasteiger partial charge in [0.05, 0.1) is 14.2 Å². The van der Waals surface area contributed by atoms with Gasteiger partial charge in [-0.25, -0.2) is 4.98 Å². The second kappa shape index (κ2) is 9.82. The highest BCUT2D eigenvalue weighted by Crippen LogP contribution is 2.27. The van der Waals surface area contributed by atoms with E-state index in [0.29, 0.717) is 24.0 Å². The lowest BCUT2D eigenvalue weighted by molar-refractivity contribution is 0.354. The Labute approximate surface area is 155 Å². The third kappa shape index (κ3) is 6.07. The Kier molecular flexibility index (Phi) is 7.47. The fraction of sp³-hybridized carbons (Fsp3) is 0.474. The van der Waals surface area contributed by atoms with Crippen LogP contribution in [0.2, 0.25) is 0 Å². The molecule has 0 aliphatic heterocycles. The number of aromatic nitrogens is 2. The van der Waals surface area contributed by atoms with Crippen LogP contribution in [-0.2, 0) is 6.54 Å². The number of methoxy groups -OCH3 is 2. The zero-order chi connectivity index (χ0) is 18.9. The molecule has 0 aliphatic rings. The number of ether oxygens (including phenoxy) is 2. The van der Waals surface area contributed by atoms with Crippen LogP contribution < -0.4 is 20.1 Å². The molecule has 0 aliphatic carbocycles. The lowest BCUT2D eigenvalue weighted by atomic mass is 10.2. The van der Waals surface area contributed by atoms with E-state index in [9.17, 15) is 0 Å². The van der Waals surface area contributed by atoms with Crippen LogP contribution in [0.3, 0.4) is 0 Å². The molecule has 7 heteroatoms. The molecule has 7 nitrogen and oxygen atoms in total. The summed E-state index contributed by atoms with van der Waals surface area (Å²) in [5.74, 6) is 2.87. The molecule has 0 saturated heterocycles. The first kappa shape index (κ1) is 19.8. The van der Waals surface area contributed by atoms with E-state index in [1.165, 1.54) is 0 Å². The highest BCUT2D eigenvalue weighted by Gasteiger charge is 2.06. The number of nitrogens with one attached hydrogen (secondary N) is 2. The third-order valence-electron chi connectivity index (χ3n) is 3.84. The monoisotopic (exact) mass is 359 g/mol. The fourth-order valence-corrected chi connectivity index (χ4v) is 2.52. The molecular weight excluding hydrogens is 330 g/mol. The maximum atomic E-state index is 5.34. The van der Waals surface area contributed by atoms with Gasteiger partial charge in [0.25, 0.3) is 0 Å². The van der Waals surface area contributed by atoms with Crippen LogP contribution in [-0.4, -0.2) is 56.3 Å². The lowest BCUT2D eigenvalue weighted by Crippen LogP contribution is -2.17. The predicted octanol–water partition coefficient (Wildman–Crippen LogP) is 2.78. The minimum Gasteiger partial charge on any atom is -0.493 e. The zero-order valence-electron chi connectivity index (χ0n) is 16.3. The minimum absolute atomic E-state index is 0.601. The summed E-state index contributed by atoms with van der Waals surface area (Å²) < 4.78 is 10.6. The molecule has 2 aromatic rings. The highest BCUT2D eigenvalue weighted by atomic mass is 16.5. The van der Waals surface area contributed by atoms with Crippen LogP contribution in [0, 0.1) is 6.92 Å². The van der Waals surface area contributed by atoms with Crippen LogP contribution in [0.5, 0.6) is 11.5 Å². The molecule has 1 aromatic carbocycles. The Morgan fingerprint density at radius 1 is 1.00 bits per heavy atom. The van der Waals surface area contributed by atoms with Crippen molar-refractivity contribution >= 4 is 11.8 Å². The average molecular weight is 359 g/mol. The minimum atomic E-state index is 0.601. The summed E-state index contributed by atoms with van der Waals surface area (Å²) in [5, 5.41) is 6.63. The van der Waals surface area contributed by atoms with E-state index >= 15 is 0 Å². The Bertz CT molecular complexity index is 706. The Balaban J connectivity index is 1.96. The van der Waals surface area contributed by atoms with Crippen molar-refractivity contribution in [3.8, 4) is 11.5 Å². The molecule has 0 radical (unpaired) electrons. The quantitative estimate of drug-likeness (QED) is 0.632. The number of nitrogens with zero attached hydrogens (tertiary/aromatic N) is 3. The predicted molar refractivity (Wildman–Crippen MR) is 105 cm³/mol. The van der Waals surface area contributed by atoms with Gasteiger partial charge >= 0.3 is 0 Å². The molecule has 0 amide bonds. The number of hydrogen-bond donors (Lipinski definition) is 2. The molecular formula is C19H29N5O2. The summed E-state index contributed by atoms with van der Waals surface area (Å²) in [6.45, 7) is 4.49. The molecule has 0 bridgehead atoms. The standard InChI is InChI=1S/C19H29N5O2/c1-14-11-18(20-9-6-10-24(2)3)23-19(22-14)21-13-15-7-8-16(25-4)17(12-15)26-5/h7-8,11-12H,6,9-10,13H2,1-5H3,(H2,20,21,22,23). The summed E-state index contributed by atoms with van der Waals surface area (Å²) in [4.78, 5) is 11.2. The summed E-state index contributed by atoms with van der Waals surface area (Å²) >= 11 is 0. The molecule has 0 spiro atoms. The summed E-state index contributed by atoms with van der Waals surface area (Å²) in [5.41, 5.74) is 1.98. The van der Waals surface area contributed by atoms with Crippen molar-refractivity contribution in [2.24, 2.45) is 0 Å². The Morgan fingerprint density at radius 2 is 1.77 bits per heavy atom. The first-order chi connectivity index (χ1) is 12.5. The second-order valence-electron chi connectivity index (χ2n) is 6.34. The fourth-order valence-electron chi connectivity index (χ4n) is 2.52. The van der Waals surface area contributed by atoms with Crippen LogP contribution in [0.15, 0.2) is 24.3 Å². The SMILES string of the molecule is COc1ccc(CNc2nc(C)cc(NCCCN(C)C)n2)cc1OC. The molecule has 26 heavy (non-hydrogen) atoms. The van der Waals surface area contributed by atoms with E-state index in [1.54, 1.807) is 14.2 Å². The molecule has 1 heterocycles.